The monoisotopic (exact) mass is 570 g/mol. The average Bonchev–Trinajstić information content (AvgIpc) is 3.03. The van der Waals surface area contributed by atoms with Crippen LogP contribution >= 0.6 is 0 Å². The van der Waals surface area contributed by atoms with Crippen LogP contribution < -0.4 is 0 Å². The maximum absolute atomic E-state index is 13.6. The Morgan fingerprint density at radius 2 is 0.636 bits per heavy atom. The number of fused-ring (bicyclic) bond motifs is 4. The van der Waals surface area contributed by atoms with Crippen LogP contribution in [0.1, 0.15) is 55.3 Å². The molecule has 0 aliphatic carbocycles. The number of carbonyl (C=O) groups is 4. The third-order valence-electron chi connectivity index (χ3n) is 10.1. The second-order valence-corrected chi connectivity index (χ2v) is 12.5. The van der Waals surface area contributed by atoms with Crippen LogP contribution in [-0.2, 0) is 0 Å². The van der Waals surface area contributed by atoms with Gasteiger partial charge in [0, 0.05) is 46.1 Å². The van der Waals surface area contributed by atoms with Crippen molar-refractivity contribution in [1.82, 2.24) is 9.80 Å². The highest BCUT2D eigenvalue weighted by Crippen LogP contribution is 2.49. The molecule has 0 radical (unpaired) electrons. The van der Waals surface area contributed by atoms with Crippen LogP contribution in [0.5, 0.6) is 0 Å². The van der Waals surface area contributed by atoms with Gasteiger partial charge in [0.1, 0.15) is 0 Å². The number of hydrogen-bond donors (Lipinski definition) is 0. The molecular formula is C38H22N2O4. The van der Waals surface area contributed by atoms with Crippen molar-refractivity contribution in [3.05, 3.63) is 95.1 Å². The van der Waals surface area contributed by atoms with Crippen LogP contribution in [0, 0.1) is 0 Å². The molecule has 8 aromatic carbocycles. The lowest BCUT2D eigenvalue weighted by molar-refractivity contribution is 0.0561. The lowest BCUT2D eigenvalue weighted by Gasteiger charge is -2.31. The largest absolute Gasteiger partial charge is 0.277 e. The van der Waals surface area contributed by atoms with E-state index in [0.717, 1.165) is 75.4 Å². The van der Waals surface area contributed by atoms with E-state index >= 15 is 0 Å². The van der Waals surface area contributed by atoms with E-state index in [1.165, 1.54) is 16.8 Å². The topological polar surface area (TPSA) is 74.8 Å². The molecule has 8 aromatic rings. The van der Waals surface area contributed by atoms with Gasteiger partial charge in [0.05, 0.1) is 0 Å². The molecule has 0 aromatic heterocycles. The summed E-state index contributed by atoms with van der Waals surface area (Å²) < 4.78 is 0. The van der Waals surface area contributed by atoms with Crippen molar-refractivity contribution in [2.45, 2.75) is 19.9 Å². The Labute approximate surface area is 249 Å². The first-order valence-electron chi connectivity index (χ1n) is 14.8. The molecule has 10 rings (SSSR count). The van der Waals surface area contributed by atoms with Crippen molar-refractivity contribution in [3.63, 3.8) is 0 Å². The van der Waals surface area contributed by atoms with E-state index in [4.69, 9.17) is 0 Å². The molecule has 0 fully saturated rings. The Morgan fingerprint density at radius 1 is 0.386 bits per heavy atom. The van der Waals surface area contributed by atoms with Crippen LogP contribution in [0.3, 0.4) is 0 Å². The van der Waals surface area contributed by atoms with E-state index < -0.39 is 0 Å². The average molecular weight is 571 g/mol. The summed E-state index contributed by atoms with van der Waals surface area (Å²) in [6, 6.07) is 23.8. The maximum atomic E-state index is 13.6. The van der Waals surface area contributed by atoms with Crippen molar-refractivity contribution in [1.29, 1.82) is 0 Å². The van der Waals surface area contributed by atoms with Crippen molar-refractivity contribution >= 4 is 99.0 Å². The van der Waals surface area contributed by atoms with E-state index in [1.807, 2.05) is 62.4 Å². The van der Waals surface area contributed by atoms with Crippen molar-refractivity contribution < 1.29 is 19.2 Å². The van der Waals surface area contributed by atoms with Crippen LogP contribution in [-0.4, -0.2) is 46.5 Å². The first-order valence-corrected chi connectivity index (χ1v) is 14.8. The SMILES string of the molecule is CC(C)N1C(=O)c2ccc3c4ccc5c6ccc7c8c(ccc(c9ccc(c%10ccc(c2c3%10)C1=O)c4c59)c86)C(=O)N(C)C7=O. The van der Waals surface area contributed by atoms with E-state index in [-0.39, 0.29) is 29.7 Å². The van der Waals surface area contributed by atoms with Crippen molar-refractivity contribution in [2.75, 3.05) is 7.05 Å². The summed E-state index contributed by atoms with van der Waals surface area (Å²) in [6.07, 6.45) is 0. The fourth-order valence-corrected chi connectivity index (χ4v) is 8.27. The molecule has 6 heteroatoms. The molecule has 44 heavy (non-hydrogen) atoms. The lowest BCUT2D eigenvalue weighted by atomic mass is 9.81. The number of nitrogens with zero attached hydrogens (tertiary/aromatic N) is 2. The first kappa shape index (κ1) is 23.9. The Morgan fingerprint density at radius 3 is 0.932 bits per heavy atom. The van der Waals surface area contributed by atoms with Gasteiger partial charge in [-0.25, -0.2) is 0 Å². The summed E-state index contributed by atoms with van der Waals surface area (Å²) in [5.74, 6) is -1.08. The Bertz CT molecular complexity index is 2570. The normalized spacial score (nSPS) is 15.5. The minimum Gasteiger partial charge on any atom is -0.277 e. The number of hydrogen-bond acceptors (Lipinski definition) is 4. The Balaban J connectivity index is 1.40. The number of rotatable bonds is 1. The van der Waals surface area contributed by atoms with E-state index in [9.17, 15) is 19.2 Å². The molecule has 0 saturated heterocycles. The van der Waals surface area contributed by atoms with Gasteiger partial charge in [0.2, 0.25) is 0 Å². The molecule has 0 unspecified atom stereocenters. The third-order valence-corrected chi connectivity index (χ3v) is 10.1. The summed E-state index contributed by atoms with van der Waals surface area (Å²) in [6.45, 7) is 3.72. The standard InChI is InChI=1S/C38H22N2O4/c1-16(2)40-37(43)27-14-10-23-19-6-4-17-21-8-12-25-33-26(36(42)39(3)35(25)41)13-9-22(31(21)33)18-5-7-20(30(19)29(17)18)24-11-15-28(38(40)44)34(27)32(23)24/h4-16H,1-3H3. The number of benzene rings is 8. The highest BCUT2D eigenvalue weighted by molar-refractivity contribution is 6.45. The van der Waals surface area contributed by atoms with Crippen molar-refractivity contribution in [2.24, 2.45) is 0 Å². The van der Waals surface area contributed by atoms with Crippen LogP contribution in [0.25, 0.3) is 75.4 Å². The molecule has 6 nitrogen and oxygen atoms in total. The van der Waals surface area contributed by atoms with Gasteiger partial charge < -0.3 is 0 Å². The van der Waals surface area contributed by atoms with Gasteiger partial charge >= 0.3 is 0 Å². The number of carbonyl (C=O) groups excluding carboxylic acids is 4. The van der Waals surface area contributed by atoms with Gasteiger partial charge in [0.25, 0.3) is 23.6 Å². The zero-order chi connectivity index (χ0) is 29.9. The molecule has 208 valence electrons. The second kappa shape index (κ2) is 7.47. The summed E-state index contributed by atoms with van der Waals surface area (Å²) in [4.78, 5) is 56.0. The minimum absolute atomic E-state index is 0.243. The molecular weight excluding hydrogens is 548 g/mol. The van der Waals surface area contributed by atoms with E-state index in [1.54, 1.807) is 0 Å². The molecule has 2 heterocycles. The summed E-state index contributed by atoms with van der Waals surface area (Å²) >= 11 is 0. The molecule has 0 N–H and O–H groups in total. The molecule has 2 aliphatic heterocycles. The van der Waals surface area contributed by atoms with Crippen LogP contribution in [0.15, 0.2) is 72.8 Å². The zero-order valence-corrected chi connectivity index (χ0v) is 24.0. The van der Waals surface area contributed by atoms with E-state index in [0.29, 0.717) is 22.3 Å². The smallest absolute Gasteiger partial charge is 0.261 e. The Hall–Kier alpha value is -5.62. The highest BCUT2D eigenvalue weighted by Gasteiger charge is 2.36. The highest BCUT2D eigenvalue weighted by atomic mass is 16.2. The van der Waals surface area contributed by atoms with Gasteiger partial charge in [-0.05, 0) is 103 Å². The number of imide groups is 2. The third kappa shape index (κ3) is 2.45. The predicted molar refractivity (Wildman–Crippen MR) is 173 cm³/mol. The first-order chi connectivity index (χ1) is 21.3. The van der Waals surface area contributed by atoms with Gasteiger partial charge in [0.15, 0.2) is 0 Å². The summed E-state index contributed by atoms with van der Waals surface area (Å²) in [5.41, 5.74) is 2.22. The lowest BCUT2D eigenvalue weighted by Crippen LogP contribution is -2.44. The molecule has 0 spiro atoms. The maximum Gasteiger partial charge on any atom is 0.261 e. The predicted octanol–water partition coefficient (Wildman–Crippen LogP) is 7.86. The second-order valence-electron chi connectivity index (χ2n) is 12.5. The van der Waals surface area contributed by atoms with Gasteiger partial charge in [-0.3, -0.25) is 29.0 Å². The van der Waals surface area contributed by atoms with Crippen LogP contribution in [0.2, 0.25) is 0 Å². The molecule has 0 atom stereocenters. The fourth-order valence-electron chi connectivity index (χ4n) is 8.27. The Kier molecular flexibility index (Phi) is 4.06. The number of amides is 4. The quantitative estimate of drug-likeness (QED) is 0.114. The molecule has 0 saturated carbocycles. The van der Waals surface area contributed by atoms with Gasteiger partial charge in [-0.15, -0.1) is 0 Å². The zero-order valence-electron chi connectivity index (χ0n) is 24.0. The minimum atomic E-state index is -0.285. The molecule has 0 bridgehead atoms. The molecule has 4 amide bonds. The van der Waals surface area contributed by atoms with Gasteiger partial charge in [-0.2, -0.15) is 0 Å². The van der Waals surface area contributed by atoms with E-state index in [2.05, 4.69) is 24.3 Å². The van der Waals surface area contributed by atoms with Crippen LogP contribution in [0.4, 0.5) is 0 Å². The summed E-state index contributed by atoms with van der Waals surface area (Å²) in [5, 5.41) is 13.8. The summed E-state index contributed by atoms with van der Waals surface area (Å²) in [7, 11) is 1.53. The van der Waals surface area contributed by atoms with Gasteiger partial charge in [-0.1, -0.05) is 48.5 Å². The molecule has 2 aliphatic rings. The fraction of sp³-hybridized carbons (Fsp3) is 0.105. The van der Waals surface area contributed by atoms with Crippen molar-refractivity contribution in [3.8, 4) is 0 Å².